The summed E-state index contributed by atoms with van der Waals surface area (Å²) in [5, 5.41) is 10.2. The number of aromatic nitrogens is 1. The highest BCUT2D eigenvalue weighted by atomic mass is 79.9. The molecule has 0 aliphatic heterocycles. The van der Waals surface area contributed by atoms with E-state index in [1.54, 1.807) is 4.90 Å². The van der Waals surface area contributed by atoms with Crippen molar-refractivity contribution in [3.05, 3.63) is 24.0 Å². The van der Waals surface area contributed by atoms with Crippen LogP contribution in [0.2, 0.25) is 0 Å². The van der Waals surface area contributed by atoms with Crippen LogP contribution >= 0.6 is 15.9 Å². The van der Waals surface area contributed by atoms with E-state index in [2.05, 4.69) is 20.9 Å². The molecule has 1 aromatic rings. The van der Waals surface area contributed by atoms with E-state index in [1.165, 1.54) is 18.5 Å². The zero-order valence-corrected chi connectivity index (χ0v) is 10.1. The molecule has 0 bridgehead atoms. The Kier molecular flexibility index (Phi) is 4.55. The summed E-state index contributed by atoms with van der Waals surface area (Å²) in [6, 6.07) is 1.52. The van der Waals surface area contributed by atoms with Crippen molar-refractivity contribution >= 4 is 21.8 Å². The van der Waals surface area contributed by atoms with Crippen LogP contribution in [0.15, 0.2) is 18.5 Å². The summed E-state index contributed by atoms with van der Waals surface area (Å²) < 4.78 is 0. The highest BCUT2D eigenvalue weighted by Gasteiger charge is 2.16. The molecule has 1 aromatic heterocycles. The Hall–Kier alpha value is -1.10. The minimum Gasteiger partial charge on any atom is -0.505 e. The SMILES string of the molecule is CCN(CCBr)C(=O)c1ccncc1O. The van der Waals surface area contributed by atoms with Gasteiger partial charge in [0.2, 0.25) is 0 Å². The summed E-state index contributed by atoms with van der Waals surface area (Å²) in [6.45, 7) is 3.14. The average molecular weight is 273 g/mol. The van der Waals surface area contributed by atoms with Crippen molar-refractivity contribution < 1.29 is 9.90 Å². The predicted molar refractivity (Wildman–Crippen MR) is 61.3 cm³/mol. The molecule has 0 radical (unpaired) electrons. The van der Waals surface area contributed by atoms with Gasteiger partial charge < -0.3 is 10.0 Å². The molecular formula is C10H13BrN2O2. The molecule has 15 heavy (non-hydrogen) atoms. The topological polar surface area (TPSA) is 53.4 Å². The van der Waals surface area contributed by atoms with Crippen LogP contribution in [0, 0.1) is 0 Å². The van der Waals surface area contributed by atoms with Crippen LogP contribution in [0.4, 0.5) is 0 Å². The lowest BCUT2D eigenvalue weighted by Crippen LogP contribution is -2.32. The first kappa shape index (κ1) is 12.0. The second kappa shape index (κ2) is 5.70. The minimum atomic E-state index is -0.170. The van der Waals surface area contributed by atoms with Crippen molar-refractivity contribution in [1.29, 1.82) is 0 Å². The number of nitrogens with zero attached hydrogens (tertiary/aromatic N) is 2. The van der Waals surface area contributed by atoms with E-state index < -0.39 is 0 Å². The Bertz CT molecular complexity index is 344. The van der Waals surface area contributed by atoms with E-state index in [-0.39, 0.29) is 11.7 Å². The van der Waals surface area contributed by atoms with Crippen LogP contribution in [0.1, 0.15) is 17.3 Å². The third kappa shape index (κ3) is 2.92. The van der Waals surface area contributed by atoms with E-state index in [0.717, 1.165) is 5.33 Å². The Morgan fingerprint density at radius 1 is 1.67 bits per heavy atom. The van der Waals surface area contributed by atoms with Crippen LogP contribution < -0.4 is 0 Å². The second-order valence-corrected chi connectivity index (χ2v) is 3.76. The van der Waals surface area contributed by atoms with E-state index in [9.17, 15) is 9.90 Å². The molecule has 1 amide bonds. The van der Waals surface area contributed by atoms with Gasteiger partial charge in [0.15, 0.2) is 0 Å². The summed E-state index contributed by atoms with van der Waals surface area (Å²) in [5.74, 6) is -0.243. The standard InChI is InChI=1S/C10H13BrN2O2/c1-2-13(6-4-11)10(15)8-3-5-12-7-9(8)14/h3,5,7,14H,2,4,6H2,1H3. The molecule has 4 nitrogen and oxygen atoms in total. The lowest BCUT2D eigenvalue weighted by Gasteiger charge is -2.19. The fraction of sp³-hybridized carbons (Fsp3) is 0.400. The fourth-order valence-corrected chi connectivity index (χ4v) is 1.67. The number of hydrogen-bond donors (Lipinski definition) is 1. The Morgan fingerprint density at radius 2 is 2.40 bits per heavy atom. The molecule has 0 aliphatic rings. The second-order valence-electron chi connectivity index (χ2n) is 2.97. The third-order valence-electron chi connectivity index (χ3n) is 2.05. The molecule has 5 heteroatoms. The molecule has 1 rings (SSSR count). The molecule has 0 saturated carbocycles. The first-order chi connectivity index (χ1) is 7.20. The summed E-state index contributed by atoms with van der Waals surface area (Å²) in [7, 11) is 0. The maximum Gasteiger partial charge on any atom is 0.257 e. The van der Waals surface area contributed by atoms with Gasteiger partial charge in [-0.05, 0) is 13.0 Å². The molecule has 0 aliphatic carbocycles. The van der Waals surface area contributed by atoms with Gasteiger partial charge in [-0.15, -0.1) is 0 Å². The molecule has 1 N–H and O–H groups in total. The van der Waals surface area contributed by atoms with Crippen molar-refractivity contribution in [2.45, 2.75) is 6.92 Å². The number of alkyl halides is 1. The molecule has 0 fully saturated rings. The number of rotatable bonds is 4. The monoisotopic (exact) mass is 272 g/mol. The van der Waals surface area contributed by atoms with Crippen LogP contribution in [0.3, 0.4) is 0 Å². The Labute approximate surface area is 97.1 Å². The number of aromatic hydroxyl groups is 1. The number of amides is 1. The average Bonchev–Trinajstić information content (AvgIpc) is 2.25. The molecular weight excluding hydrogens is 260 g/mol. The van der Waals surface area contributed by atoms with Crippen LogP contribution in [0.5, 0.6) is 5.75 Å². The fourth-order valence-electron chi connectivity index (χ4n) is 1.24. The van der Waals surface area contributed by atoms with Gasteiger partial charge in [0.25, 0.3) is 5.91 Å². The van der Waals surface area contributed by atoms with E-state index >= 15 is 0 Å². The van der Waals surface area contributed by atoms with Crippen molar-refractivity contribution in [2.24, 2.45) is 0 Å². The number of halogens is 1. The highest BCUT2D eigenvalue weighted by molar-refractivity contribution is 9.09. The first-order valence-corrected chi connectivity index (χ1v) is 5.81. The maximum absolute atomic E-state index is 11.9. The van der Waals surface area contributed by atoms with E-state index in [0.29, 0.717) is 18.7 Å². The smallest absolute Gasteiger partial charge is 0.257 e. The van der Waals surface area contributed by atoms with Gasteiger partial charge in [0, 0.05) is 24.6 Å². The normalized spacial score (nSPS) is 10.0. The maximum atomic E-state index is 11.9. The lowest BCUT2D eigenvalue weighted by molar-refractivity contribution is 0.0771. The van der Waals surface area contributed by atoms with Gasteiger partial charge in [-0.2, -0.15) is 0 Å². The third-order valence-corrected chi connectivity index (χ3v) is 2.41. The summed E-state index contributed by atoms with van der Waals surface area (Å²) >= 11 is 3.28. The Morgan fingerprint density at radius 3 is 2.93 bits per heavy atom. The summed E-state index contributed by atoms with van der Waals surface area (Å²) in [5.41, 5.74) is 0.299. The predicted octanol–water partition coefficient (Wildman–Crippen LogP) is 1.64. The van der Waals surface area contributed by atoms with Crippen molar-refractivity contribution in [2.75, 3.05) is 18.4 Å². The van der Waals surface area contributed by atoms with Gasteiger partial charge in [0.05, 0.1) is 11.8 Å². The van der Waals surface area contributed by atoms with Crippen molar-refractivity contribution in [3.63, 3.8) is 0 Å². The van der Waals surface area contributed by atoms with Crippen LogP contribution in [0.25, 0.3) is 0 Å². The number of carbonyl (C=O) groups excluding carboxylic acids is 1. The van der Waals surface area contributed by atoms with Gasteiger partial charge in [0.1, 0.15) is 5.75 Å². The molecule has 0 unspecified atom stereocenters. The first-order valence-electron chi connectivity index (χ1n) is 4.69. The highest BCUT2D eigenvalue weighted by Crippen LogP contribution is 2.16. The summed E-state index contributed by atoms with van der Waals surface area (Å²) in [4.78, 5) is 17.3. The van der Waals surface area contributed by atoms with Crippen molar-refractivity contribution in [3.8, 4) is 5.75 Å². The largest absolute Gasteiger partial charge is 0.505 e. The molecule has 0 atom stereocenters. The minimum absolute atomic E-state index is 0.0736. The molecule has 0 spiro atoms. The molecule has 0 saturated heterocycles. The van der Waals surface area contributed by atoms with E-state index in [4.69, 9.17) is 0 Å². The Balaban J connectivity index is 2.88. The summed E-state index contributed by atoms with van der Waals surface area (Å²) in [6.07, 6.45) is 2.77. The van der Waals surface area contributed by atoms with E-state index in [1.807, 2.05) is 6.92 Å². The zero-order chi connectivity index (χ0) is 11.3. The van der Waals surface area contributed by atoms with Crippen molar-refractivity contribution in [1.82, 2.24) is 9.88 Å². The van der Waals surface area contributed by atoms with Crippen LogP contribution in [-0.2, 0) is 0 Å². The molecule has 1 heterocycles. The number of carbonyl (C=O) groups is 1. The van der Waals surface area contributed by atoms with Gasteiger partial charge in [-0.3, -0.25) is 9.78 Å². The number of pyridine rings is 1. The quantitative estimate of drug-likeness (QED) is 0.848. The lowest BCUT2D eigenvalue weighted by atomic mass is 10.2. The molecule has 82 valence electrons. The van der Waals surface area contributed by atoms with Gasteiger partial charge in [-0.25, -0.2) is 0 Å². The molecule has 0 aromatic carbocycles. The van der Waals surface area contributed by atoms with Gasteiger partial charge >= 0.3 is 0 Å². The zero-order valence-electron chi connectivity index (χ0n) is 8.48. The van der Waals surface area contributed by atoms with Gasteiger partial charge in [-0.1, -0.05) is 15.9 Å². The van der Waals surface area contributed by atoms with Crippen LogP contribution in [-0.4, -0.2) is 39.3 Å². The number of hydrogen-bond acceptors (Lipinski definition) is 3.